The van der Waals surface area contributed by atoms with Gasteiger partial charge in [-0.2, -0.15) is 5.10 Å². The lowest BCUT2D eigenvalue weighted by atomic mass is 10.2. The van der Waals surface area contributed by atoms with Gasteiger partial charge in [-0.25, -0.2) is 4.79 Å². The molecule has 1 aromatic heterocycles. The van der Waals surface area contributed by atoms with Gasteiger partial charge in [0.05, 0.1) is 30.3 Å². The van der Waals surface area contributed by atoms with Crippen molar-refractivity contribution in [1.29, 1.82) is 0 Å². The fourth-order valence-corrected chi connectivity index (χ4v) is 2.54. The summed E-state index contributed by atoms with van der Waals surface area (Å²) in [4.78, 5) is 27.3. The summed E-state index contributed by atoms with van der Waals surface area (Å²) in [5.41, 5.74) is 0.0721. The number of aromatic amines is 1. The third-order valence-corrected chi connectivity index (χ3v) is 4.20. The second-order valence-corrected chi connectivity index (χ2v) is 6.08. The number of ether oxygens (including phenoxy) is 2. The van der Waals surface area contributed by atoms with Gasteiger partial charge in [0.1, 0.15) is 0 Å². The molecule has 0 aliphatic carbocycles. The van der Waals surface area contributed by atoms with Crippen LogP contribution in [0.25, 0.3) is 10.9 Å². The van der Waals surface area contributed by atoms with Gasteiger partial charge in [0.25, 0.3) is 5.56 Å². The maximum atomic E-state index is 12.5. The van der Waals surface area contributed by atoms with Crippen molar-refractivity contribution in [2.45, 2.75) is 26.4 Å². The number of hydrogen-bond acceptors (Lipinski definition) is 5. The lowest BCUT2D eigenvalue weighted by Crippen LogP contribution is -2.32. The molecular weight excluding hydrogens is 346 g/mol. The summed E-state index contributed by atoms with van der Waals surface area (Å²) < 4.78 is 12.0. The van der Waals surface area contributed by atoms with Crippen LogP contribution in [-0.4, -0.2) is 29.1 Å². The summed E-state index contributed by atoms with van der Waals surface area (Å²) in [5.74, 6) is 1.18. The minimum absolute atomic E-state index is 0.0631. The van der Waals surface area contributed by atoms with Gasteiger partial charge < -0.3 is 14.5 Å². The standard InChI is InChI=1S/C20H21N3O4/c1-4-13(2)27-17-10-9-14(11-18(17)26-3)12-21-23-19(24)15-7-5-6-8-16(15)22-20(23)25/h5-13H,4H2,1-3H3,(H,22,25)/t13-/m0/s1. The first-order valence-corrected chi connectivity index (χ1v) is 8.66. The van der Waals surface area contributed by atoms with E-state index >= 15 is 0 Å². The fraction of sp³-hybridized carbons (Fsp3) is 0.250. The highest BCUT2D eigenvalue weighted by Gasteiger charge is 2.09. The number of rotatable bonds is 6. The molecule has 0 spiro atoms. The SMILES string of the molecule is CC[C@H](C)Oc1ccc(C=Nn2c(=O)[nH]c3ccccc3c2=O)cc1OC. The van der Waals surface area contributed by atoms with Crippen molar-refractivity contribution in [3.8, 4) is 11.5 Å². The second kappa shape index (κ2) is 7.90. The van der Waals surface area contributed by atoms with Crippen molar-refractivity contribution in [3.05, 3.63) is 68.9 Å². The number of methoxy groups -OCH3 is 1. The van der Waals surface area contributed by atoms with Crippen LogP contribution in [0.3, 0.4) is 0 Å². The fourth-order valence-electron chi connectivity index (χ4n) is 2.54. The van der Waals surface area contributed by atoms with Crippen LogP contribution in [-0.2, 0) is 0 Å². The van der Waals surface area contributed by atoms with Crippen LogP contribution in [0.2, 0.25) is 0 Å². The van der Waals surface area contributed by atoms with Crippen LogP contribution in [0, 0.1) is 0 Å². The highest BCUT2D eigenvalue weighted by atomic mass is 16.5. The van der Waals surface area contributed by atoms with E-state index in [4.69, 9.17) is 9.47 Å². The summed E-state index contributed by atoms with van der Waals surface area (Å²) >= 11 is 0. The number of fused-ring (bicyclic) bond motifs is 1. The average Bonchev–Trinajstić information content (AvgIpc) is 2.68. The van der Waals surface area contributed by atoms with Crippen LogP contribution < -0.4 is 20.7 Å². The maximum absolute atomic E-state index is 12.5. The van der Waals surface area contributed by atoms with Crippen molar-refractivity contribution in [1.82, 2.24) is 9.66 Å². The Labute approximate surface area is 155 Å². The zero-order chi connectivity index (χ0) is 19.4. The molecule has 0 radical (unpaired) electrons. The van der Waals surface area contributed by atoms with Crippen molar-refractivity contribution in [3.63, 3.8) is 0 Å². The van der Waals surface area contributed by atoms with Gasteiger partial charge in [-0.15, -0.1) is 4.68 Å². The predicted molar refractivity (Wildman–Crippen MR) is 105 cm³/mol. The van der Waals surface area contributed by atoms with E-state index in [1.807, 2.05) is 13.8 Å². The first kappa shape index (κ1) is 18.4. The Kier molecular flexibility index (Phi) is 5.40. The molecular formula is C20H21N3O4. The van der Waals surface area contributed by atoms with Crippen LogP contribution in [0.5, 0.6) is 11.5 Å². The molecule has 0 fully saturated rings. The van der Waals surface area contributed by atoms with Crippen molar-refractivity contribution < 1.29 is 9.47 Å². The third kappa shape index (κ3) is 3.92. The second-order valence-electron chi connectivity index (χ2n) is 6.08. The van der Waals surface area contributed by atoms with Gasteiger partial charge >= 0.3 is 5.69 Å². The largest absolute Gasteiger partial charge is 0.493 e. The van der Waals surface area contributed by atoms with Crippen molar-refractivity contribution in [2.24, 2.45) is 5.10 Å². The molecule has 0 saturated heterocycles. The molecule has 27 heavy (non-hydrogen) atoms. The summed E-state index contributed by atoms with van der Waals surface area (Å²) in [6.07, 6.45) is 2.37. The van der Waals surface area contributed by atoms with Crippen LogP contribution in [0.1, 0.15) is 25.8 Å². The van der Waals surface area contributed by atoms with E-state index in [0.29, 0.717) is 28.0 Å². The normalized spacial score (nSPS) is 12.4. The molecule has 1 atom stereocenters. The van der Waals surface area contributed by atoms with E-state index in [9.17, 15) is 9.59 Å². The average molecular weight is 367 g/mol. The minimum Gasteiger partial charge on any atom is -0.493 e. The number of H-pyrrole nitrogens is 1. The topological polar surface area (TPSA) is 85.7 Å². The molecule has 3 aromatic rings. The van der Waals surface area contributed by atoms with Gasteiger partial charge in [-0.1, -0.05) is 19.1 Å². The van der Waals surface area contributed by atoms with Gasteiger partial charge in [-0.05, 0) is 49.2 Å². The lowest BCUT2D eigenvalue weighted by Gasteiger charge is -2.15. The summed E-state index contributed by atoms with van der Waals surface area (Å²) in [5, 5.41) is 4.44. The Morgan fingerprint density at radius 1 is 1.19 bits per heavy atom. The number of nitrogens with one attached hydrogen (secondary N) is 1. The molecule has 0 unspecified atom stereocenters. The predicted octanol–water partition coefficient (Wildman–Crippen LogP) is 2.76. The van der Waals surface area contributed by atoms with Crippen LogP contribution in [0.4, 0.5) is 0 Å². The Balaban J connectivity index is 1.96. The van der Waals surface area contributed by atoms with E-state index < -0.39 is 11.2 Å². The minimum atomic E-state index is -0.598. The van der Waals surface area contributed by atoms with E-state index in [1.165, 1.54) is 6.21 Å². The Morgan fingerprint density at radius 2 is 1.96 bits per heavy atom. The molecule has 140 valence electrons. The van der Waals surface area contributed by atoms with Crippen LogP contribution >= 0.6 is 0 Å². The zero-order valence-electron chi connectivity index (χ0n) is 15.4. The van der Waals surface area contributed by atoms with Gasteiger partial charge in [0, 0.05) is 0 Å². The Morgan fingerprint density at radius 3 is 2.70 bits per heavy atom. The molecule has 1 N–H and O–H groups in total. The van der Waals surface area contributed by atoms with E-state index in [-0.39, 0.29) is 6.10 Å². The molecule has 1 heterocycles. The van der Waals surface area contributed by atoms with Gasteiger partial charge in [0.2, 0.25) is 0 Å². The van der Waals surface area contributed by atoms with Crippen LogP contribution in [0.15, 0.2) is 57.2 Å². The highest BCUT2D eigenvalue weighted by molar-refractivity contribution is 5.81. The molecule has 0 bridgehead atoms. The third-order valence-electron chi connectivity index (χ3n) is 4.20. The van der Waals surface area contributed by atoms with Gasteiger partial charge in [0.15, 0.2) is 11.5 Å². The molecule has 0 aliphatic rings. The molecule has 7 heteroatoms. The summed E-state index contributed by atoms with van der Waals surface area (Å²) in [6.45, 7) is 4.02. The quantitative estimate of drug-likeness (QED) is 0.679. The number of nitrogens with zero attached hydrogens (tertiary/aromatic N) is 2. The molecule has 0 amide bonds. The molecule has 0 aliphatic heterocycles. The summed E-state index contributed by atoms with van der Waals surface area (Å²) in [7, 11) is 1.55. The molecule has 0 saturated carbocycles. The molecule has 7 nitrogen and oxygen atoms in total. The number of para-hydroxylation sites is 1. The molecule has 3 rings (SSSR count). The lowest BCUT2D eigenvalue weighted by molar-refractivity contribution is 0.207. The number of aromatic nitrogens is 2. The zero-order valence-corrected chi connectivity index (χ0v) is 15.4. The van der Waals surface area contributed by atoms with Gasteiger partial charge in [-0.3, -0.25) is 4.79 Å². The first-order chi connectivity index (χ1) is 13.0. The van der Waals surface area contributed by atoms with E-state index in [1.54, 1.807) is 49.6 Å². The highest BCUT2D eigenvalue weighted by Crippen LogP contribution is 2.28. The number of hydrogen-bond donors (Lipinski definition) is 1. The van der Waals surface area contributed by atoms with E-state index in [2.05, 4.69) is 10.1 Å². The summed E-state index contributed by atoms with van der Waals surface area (Å²) in [6, 6.07) is 12.1. The molecule has 2 aromatic carbocycles. The van der Waals surface area contributed by atoms with Crippen molar-refractivity contribution in [2.75, 3.05) is 7.11 Å². The first-order valence-electron chi connectivity index (χ1n) is 8.66. The van der Waals surface area contributed by atoms with Crippen molar-refractivity contribution >= 4 is 17.1 Å². The Bertz CT molecular complexity index is 1100. The monoisotopic (exact) mass is 367 g/mol. The Hall–Kier alpha value is -3.35. The maximum Gasteiger partial charge on any atom is 0.349 e. The number of benzene rings is 2. The smallest absolute Gasteiger partial charge is 0.349 e. The van der Waals surface area contributed by atoms with E-state index in [0.717, 1.165) is 11.1 Å².